The van der Waals surface area contributed by atoms with Crippen molar-refractivity contribution in [1.29, 1.82) is 5.26 Å². The van der Waals surface area contributed by atoms with Gasteiger partial charge in [0.1, 0.15) is 0 Å². The first kappa shape index (κ1) is 15.5. The highest BCUT2D eigenvalue weighted by atomic mass is 16.4. The van der Waals surface area contributed by atoms with E-state index in [9.17, 15) is 9.90 Å². The lowest BCUT2D eigenvalue weighted by Gasteiger charge is -2.42. The molecule has 4 heteroatoms. The minimum absolute atomic E-state index is 0.129. The van der Waals surface area contributed by atoms with Crippen molar-refractivity contribution in [2.45, 2.75) is 39.2 Å². The van der Waals surface area contributed by atoms with Gasteiger partial charge in [0, 0.05) is 12.6 Å². The maximum atomic E-state index is 11.6. The fourth-order valence-electron chi connectivity index (χ4n) is 3.19. The number of nitrogens with zero attached hydrogens (tertiary/aromatic N) is 2. The summed E-state index contributed by atoms with van der Waals surface area (Å²) in [5, 5.41) is 18.6. The van der Waals surface area contributed by atoms with Gasteiger partial charge in [-0.05, 0) is 50.4 Å². The molecule has 1 aromatic carbocycles. The van der Waals surface area contributed by atoms with Gasteiger partial charge in [-0.3, -0.25) is 9.69 Å². The molecule has 1 aliphatic heterocycles. The summed E-state index contributed by atoms with van der Waals surface area (Å²) >= 11 is 0. The van der Waals surface area contributed by atoms with Gasteiger partial charge in [-0.2, -0.15) is 5.26 Å². The maximum absolute atomic E-state index is 11.6. The number of benzene rings is 1. The number of likely N-dealkylation sites (tertiary alicyclic amines) is 1. The van der Waals surface area contributed by atoms with Gasteiger partial charge in [-0.25, -0.2) is 0 Å². The smallest absolute Gasteiger partial charge is 0.310 e. The van der Waals surface area contributed by atoms with Crippen LogP contribution >= 0.6 is 0 Å². The zero-order valence-corrected chi connectivity index (χ0v) is 12.7. The van der Waals surface area contributed by atoms with Crippen LogP contribution in [0, 0.1) is 16.7 Å². The number of nitriles is 1. The van der Waals surface area contributed by atoms with Crippen LogP contribution in [0.1, 0.15) is 50.3 Å². The Morgan fingerprint density at radius 1 is 1.57 bits per heavy atom. The van der Waals surface area contributed by atoms with E-state index < -0.39 is 11.4 Å². The Morgan fingerprint density at radius 3 is 2.95 bits per heavy atom. The molecule has 1 aliphatic rings. The molecule has 2 unspecified atom stereocenters. The molecule has 0 radical (unpaired) electrons. The Morgan fingerprint density at radius 2 is 2.33 bits per heavy atom. The first-order chi connectivity index (χ1) is 10.0. The standard InChI is InChI=1S/C17H22N2O2/c1-3-17(16(20)21)8-5-9-19(12-17)13(2)15-7-4-6-14(10-15)11-18/h4,6-7,10,13H,3,5,8-9,12H2,1-2H3,(H,20,21). The summed E-state index contributed by atoms with van der Waals surface area (Å²) in [7, 11) is 0. The van der Waals surface area contributed by atoms with Gasteiger partial charge in [-0.1, -0.05) is 19.1 Å². The van der Waals surface area contributed by atoms with Gasteiger partial charge >= 0.3 is 5.97 Å². The Hall–Kier alpha value is -1.86. The van der Waals surface area contributed by atoms with Gasteiger partial charge in [0.25, 0.3) is 0 Å². The predicted octanol–water partition coefficient (Wildman–Crippen LogP) is 3.20. The van der Waals surface area contributed by atoms with Crippen molar-refractivity contribution < 1.29 is 9.90 Å². The molecule has 4 nitrogen and oxygen atoms in total. The maximum Gasteiger partial charge on any atom is 0.310 e. The third-order valence-electron chi connectivity index (χ3n) is 4.78. The molecule has 1 aromatic rings. The monoisotopic (exact) mass is 286 g/mol. The molecule has 0 aromatic heterocycles. The average Bonchev–Trinajstić information content (AvgIpc) is 2.54. The topological polar surface area (TPSA) is 64.3 Å². The zero-order chi connectivity index (χ0) is 15.5. The normalized spacial score (nSPS) is 24.2. The number of carboxylic acids is 1. The molecule has 112 valence electrons. The van der Waals surface area contributed by atoms with Crippen LogP contribution in [0.25, 0.3) is 0 Å². The summed E-state index contributed by atoms with van der Waals surface area (Å²) in [4.78, 5) is 13.9. The minimum Gasteiger partial charge on any atom is -0.481 e. The van der Waals surface area contributed by atoms with E-state index >= 15 is 0 Å². The fraction of sp³-hybridized carbons (Fsp3) is 0.529. The predicted molar refractivity (Wildman–Crippen MR) is 80.7 cm³/mol. The first-order valence-electron chi connectivity index (χ1n) is 7.50. The van der Waals surface area contributed by atoms with Crippen LogP contribution in [0.2, 0.25) is 0 Å². The molecule has 21 heavy (non-hydrogen) atoms. The number of carboxylic acid groups (broad SMARTS) is 1. The molecule has 1 N–H and O–H groups in total. The summed E-state index contributed by atoms with van der Waals surface area (Å²) in [6, 6.07) is 9.87. The molecule has 1 fully saturated rings. The van der Waals surface area contributed by atoms with E-state index in [-0.39, 0.29) is 6.04 Å². The summed E-state index contributed by atoms with van der Waals surface area (Å²) in [6.07, 6.45) is 2.31. The third-order valence-corrected chi connectivity index (χ3v) is 4.78. The van der Waals surface area contributed by atoms with Crippen molar-refractivity contribution in [2.75, 3.05) is 13.1 Å². The van der Waals surface area contributed by atoms with Crippen LogP contribution in [0.15, 0.2) is 24.3 Å². The van der Waals surface area contributed by atoms with Crippen LogP contribution in [0.5, 0.6) is 0 Å². The molecule has 0 bridgehead atoms. The number of hydrogen-bond acceptors (Lipinski definition) is 3. The van der Waals surface area contributed by atoms with Crippen molar-refractivity contribution in [2.24, 2.45) is 5.41 Å². The number of aliphatic carboxylic acids is 1. The van der Waals surface area contributed by atoms with E-state index in [1.807, 2.05) is 25.1 Å². The highest BCUT2D eigenvalue weighted by Crippen LogP contribution is 2.37. The summed E-state index contributed by atoms with van der Waals surface area (Å²) in [5.41, 5.74) is 1.10. The van der Waals surface area contributed by atoms with Crippen molar-refractivity contribution in [1.82, 2.24) is 4.90 Å². The van der Waals surface area contributed by atoms with Crippen molar-refractivity contribution in [3.63, 3.8) is 0 Å². The SMILES string of the molecule is CCC1(C(=O)O)CCCN(C(C)c2cccc(C#N)c2)C1. The third kappa shape index (κ3) is 3.08. The lowest BCUT2D eigenvalue weighted by molar-refractivity contribution is -0.153. The Bertz CT molecular complexity index is 564. The molecule has 0 amide bonds. The second kappa shape index (κ2) is 6.28. The van der Waals surface area contributed by atoms with E-state index in [0.717, 1.165) is 24.9 Å². The lowest BCUT2D eigenvalue weighted by Crippen LogP contribution is -2.48. The van der Waals surface area contributed by atoms with Gasteiger partial charge in [0.2, 0.25) is 0 Å². The average molecular weight is 286 g/mol. The summed E-state index contributed by atoms with van der Waals surface area (Å²) in [5.74, 6) is -0.687. The number of piperidine rings is 1. The second-order valence-corrected chi connectivity index (χ2v) is 5.93. The molecule has 2 atom stereocenters. The molecule has 0 aliphatic carbocycles. The van der Waals surface area contributed by atoms with Crippen LogP contribution in [0.3, 0.4) is 0 Å². The van der Waals surface area contributed by atoms with Crippen molar-refractivity contribution in [3.8, 4) is 6.07 Å². The summed E-state index contributed by atoms with van der Waals surface area (Å²) in [6.45, 7) is 5.53. The van der Waals surface area contributed by atoms with Gasteiger partial charge in [0.05, 0.1) is 17.0 Å². The van der Waals surface area contributed by atoms with Crippen LogP contribution in [0.4, 0.5) is 0 Å². The first-order valence-corrected chi connectivity index (χ1v) is 7.50. The Kier molecular flexibility index (Phi) is 4.64. The quantitative estimate of drug-likeness (QED) is 0.923. The van der Waals surface area contributed by atoms with Gasteiger partial charge in [0.15, 0.2) is 0 Å². The fourth-order valence-corrected chi connectivity index (χ4v) is 3.19. The minimum atomic E-state index is -0.687. The number of carbonyl (C=O) groups is 1. The molecular weight excluding hydrogens is 264 g/mol. The molecule has 0 saturated carbocycles. The van der Waals surface area contributed by atoms with E-state index in [1.54, 1.807) is 6.07 Å². The van der Waals surface area contributed by atoms with Gasteiger partial charge < -0.3 is 5.11 Å². The molecule has 0 spiro atoms. The Balaban J connectivity index is 2.21. The number of rotatable bonds is 4. The van der Waals surface area contributed by atoms with Gasteiger partial charge in [-0.15, -0.1) is 0 Å². The van der Waals surface area contributed by atoms with E-state index in [2.05, 4.69) is 17.9 Å². The Labute approximate surface area is 126 Å². The van der Waals surface area contributed by atoms with Crippen molar-refractivity contribution >= 4 is 5.97 Å². The highest BCUT2D eigenvalue weighted by molar-refractivity contribution is 5.75. The van der Waals surface area contributed by atoms with Crippen LogP contribution < -0.4 is 0 Å². The number of hydrogen-bond donors (Lipinski definition) is 1. The van der Waals surface area contributed by atoms with Crippen LogP contribution in [-0.4, -0.2) is 29.1 Å². The summed E-state index contributed by atoms with van der Waals surface area (Å²) < 4.78 is 0. The molecule has 1 saturated heterocycles. The highest BCUT2D eigenvalue weighted by Gasteiger charge is 2.41. The van der Waals surface area contributed by atoms with Crippen LogP contribution in [-0.2, 0) is 4.79 Å². The molecular formula is C17H22N2O2. The molecule has 1 heterocycles. The molecule has 2 rings (SSSR count). The largest absolute Gasteiger partial charge is 0.481 e. The van der Waals surface area contributed by atoms with Crippen molar-refractivity contribution in [3.05, 3.63) is 35.4 Å². The zero-order valence-electron chi connectivity index (χ0n) is 12.7. The lowest BCUT2D eigenvalue weighted by atomic mass is 9.77. The van der Waals surface area contributed by atoms with E-state index in [1.165, 1.54) is 0 Å². The van der Waals surface area contributed by atoms with E-state index in [4.69, 9.17) is 5.26 Å². The van der Waals surface area contributed by atoms with E-state index in [0.29, 0.717) is 18.5 Å². The second-order valence-electron chi connectivity index (χ2n) is 5.93.